The monoisotopic (exact) mass is 294 g/mol. The zero-order valence-electron chi connectivity index (χ0n) is 11.8. The summed E-state index contributed by atoms with van der Waals surface area (Å²) in [5, 5.41) is 0. The summed E-state index contributed by atoms with van der Waals surface area (Å²) in [6, 6.07) is 0. The zero-order valence-corrected chi connectivity index (χ0v) is 12.6. The molecule has 7 heteroatoms. The van der Waals surface area contributed by atoms with Crippen molar-refractivity contribution in [2.45, 2.75) is 46.0 Å². The molecule has 1 heterocycles. The minimum Gasteiger partial charge on any atom is -0.338 e. The van der Waals surface area contributed by atoms with Gasteiger partial charge in [0.2, 0.25) is 0 Å². The number of rotatable bonds is 7. The van der Waals surface area contributed by atoms with Gasteiger partial charge in [0.25, 0.3) is 10.1 Å². The van der Waals surface area contributed by atoms with Crippen LogP contribution in [0.4, 0.5) is 4.53 Å². The summed E-state index contributed by atoms with van der Waals surface area (Å²) in [5.74, 6) is 0.960. The van der Waals surface area contributed by atoms with Crippen molar-refractivity contribution in [1.82, 2.24) is 9.55 Å². The van der Waals surface area contributed by atoms with Crippen molar-refractivity contribution in [3.8, 4) is 0 Å². The lowest BCUT2D eigenvalue weighted by atomic mass is 10.2. The first-order valence-electron chi connectivity index (χ1n) is 6.45. The number of aromatic nitrogens is 2. The molecule has 0 amide bonds. The summed E-state index contributed by atoms with van der Waals surface area (Å²) < 4.78 is 36.1. The third kappa shape index (κ3) is 8.72. The van der Waals surface area contributed by atoms with Gasteiger partial charge in [-0.15, -0.1) is 0 Å². The van der Waals surface area contributed by atoms with Gasteiger partial charge in [0.05, 0.1) is 5.75 Å². The van der Waals surface area contributed by atoms with Crippen LogP contribution >= 0.6 is 0 Å². The molecule has 0 radical (unpaired) electrons. The molecule has 1 rings (SSSR count). The Bertz CT molecular complexity index is 432. The first kappa shape index (κ1) is 18.0. The molecule has 0 aliphatic rings. The fourth-order valence-electron chi connectivity index (χ4n) is 1.32. The Morgan fingerprint density at radius 3 is 2.37 bits per heavy atom. The fourth-order valence-corrected chi connectivity index (χ4v) is 2.03. The van der Waals surface area contributed by atoms with Crippen molar-refractivity contribution >= 4 is 10.1 Å². The van der Waals surface area contributed by atoms with E-state index < -0.39 is 10.1 Å². The topological polar surface area (TPSA) is 61.2 Å². The molecular weight excluding hydrogens is 271 g/mol. The fraction of sp³-hybridized carbons (Fsp3) is 0.750. The van der Waals surface area contributed by atoms with E-state index in [2.05, 4.69) is 20.9 Å². The van der Waals surface area contributed by atoms with E-state index in [4.69, 9.17) is 0 Å². The maximum Gasteiger partial charge on any atom is 0.297 e. The lowest BCUT2D eigenvalue weighted by Gasteiger charge is -1.97. The number of aryl methyl sites for hydroxylation is 2. The Kier molecular flexibility index (Phi) is 9.42. The van der Waals surface area contributed by atoms with Gasteiger partial charge < -0.3 is 4.57 Å². The van der Waals surface area contributed by atoms with Crippen molar-refractivity contribution in [1.29, 1.82) is 0 Å². The van der Waals surface area contributed by atoms with Crippen molar-refractivity contribution in [3.63, 3.8) is 0 Å². The van der Waals surface area contributed by atoms with E-state index in [0.29, 0.717) is 12.8 Å². The second-order valence-corrected chi connectivity index (χ2v) is 5.89. The van der Waals surface area contributed by atoms with Gasteiger partial charge >= 0.3 is 0 Å². The minimum absolute atomic E-state index is 0.236. The first-order chi connectivity index (χ1) is 8.96. The van der Waals surface area contributed by atoms with Crippen LogP contribution in [0.3, 0.4) is 0 Å². The third-order valence-electron chi connectivity index (χ3n) is 2.52. The number of unbranched alkanes of at least 4 members (excludes halogenated alkanes) is 2. The van der Waals surface area contributed by atoms with E-state index in [1.54, 1.807) is 0 Å². The van der Waals surface area contributed by atoms with E-state index in [0.717, 1.165) is 6.42 Å². The highest BCUT2D eigenvalue weighted by molar-refractivity contribution is 7.86. The Morgan fingerprint density at radius 2 is 1.95 bits per heavy atom. The van der Waals surface area contributed by atoms with Gasteiger partial charge in [0, 0.05) is 25.9 Å². The van der Waals surface area contributed by atoms with Crippen LogP contribution in [0.1, 0.15) is 45.4 Å². The number of imidazole rings is 1. The largest absolute Gasteiger partial charge is 0.338 e. The minimum atomic E-state index is -3.85. The zero-order chi connectivity index (χ0) is 14.7. The van der Waals surface area contributed by atoms with Crippen molar-refractivity contribution in [3.05, 3.63) is 18.2 Å². The van der Waals surface area contributed by atoms with Crippen LogP contribution in [0.15, 0.2) is 12.4 Å². The summed E-state index contributed by atoms with van der Waals surface area (Å²) in [5.41, 5.74) is 0. The van der Waals surface area contributed by atoms with Gasteiger partial charge in [-0.3, -0.25) is 0 Å². The Labute approximate surface area is 114 Å². The molecule has 5 nitrogen and oxygen atoms in total. The van der Waals surface area contributed by atoms with Crippen molar-refractivity contribution < 1.29 is 17.3 Å². The van der Waals surface area contributed by atoms with Crippen LogP contribution in [0, 0.1) is 0 Å². The van der Waals surface area contributed by atoms with E-state index >= 15 is 0 Å². The van der Waals surface area contributed by atoms with Gasteiger partial charge in [-0.1, -0.05) is 31.1 Å². The van der Waals surface area contributed by atoms with E-state index in [9.17, 15) is 12.9 Å². The van der Waals surface area contributed by atoms with Gasteiger partial charge in [-0.2, -0.15) is 8.42 Å². The SMILES string of the molecule is CCCCS(=O)(=O)OF.CCCCc1nccn1C. The van der Waals surface area contributed by atoms with Gasteiger partial charge in [0.1, 0.15) is 5.82 Å². The molecule has 1 aromatic heterocycles. The molecule has 0 aliphatic carbocycles. The first-order valence-corrected chi connectivity index (χ1v) is 8.03. The van der Waals surface area contributed by atoms with Crippen molar-refractivity contribution in [2.75, 3.05) is 5.75 Å². The predicted molar refractivity (Wildman–Crippen MR) is 72.7 cm³/mol. The van der Waals surface area contributed by atoms with E-state index in [1.165, 1.54) is 18.7 Å². The molecule has 0 unspecified atom stereocenters. The molecule has 0 spiro atoms. The molecule has 0 aliphatic heterocycles. The maximum atomic E-state index is 11.0. The molecule has 0 aromatic carbocycles. The summed E-state index contributed by atoms with van der Waals surface area (Å²) in [4.78, 5) is 4.22. The number of nitrogens with zero attached hydrogens (tertiary/aromatic N) is 2. The second-order valence-electron chi connectivity index (χ2n) is 4.24. The average Bonchev–Trinajstić information content (AvgIpc) is 2.80. The molecule has 0 fully saturated rings. The van der Waals surface area contributed by atoms with Crippen molar-refractivity contribution in [2.24, 2.45) is 7.05 Å². The van der Waals surface area contributed by atoms with E-state index in [1.807, 2.05) is 26.4 Å². The normalized spacial score (nSPS) is 10.9. The second kappa shape index (κ2) is 9.91. The smallest absolute Gasteiger partial charge is 0.297 e. The van der Waals surface area contributed by atoms with Crippen LogP contribution in [0.5, 0.6) is 0 Å². The predicted octanol–water partition coefficient (Wildman–Crippen LogP) is 2.78. The molecule has 19 heavy (non-hydrogen) atoms. The van der Waals surface area contributed by atoms with Gasteiger partial charge in [-0.05, 0) is 17.4 Å². The van der Waals surface area contributed by atoms with Crippen LogP contribution < -0.4 is 0 Å². The molecule has 0 bridgehead atoms. The molecule has 0 saturated carbocycles. The Morgan fingerprint density at radius 1 is 1.32 bits per heavy atom. The molecular formula is C12H23FN2O3S. The van der Waals surface area contributed by atoms with Crippen LogP contribution in [0.2, 0.25) is 0 Å². The Hall–Kier alpha value is -0.950. The summed E-state index contributed by atoms with van der Waals surface area (Å²) in [6.07, 6.45) is 8.59. The highest BCUT2D eigenvalue weighted by atomic mass is 32.2. The number of hydrogen-bond acceptors (Lipinski definition) is 4. The Balaban J connectivity index is 0.000000344. The lowest BCUT2D eigenvalue weighted by Crippen LogP contribution is -2.04. The molecule has 0 atom stereocenters. The van der Waals surface area contributed by atoms with Gasteiger partial charge in [0.15, 0.2) is 0 Å². The maximum absolute atomic E-state index is 11.0. The summed E-state index contributed by atoms with van der Waals surface area (Å²) in [6.45, 7) is 4.01. The van der Waals surface area contributed by atoms with Crippen LogP contribution in [-0.4, -0.2) is 23.7 Å². The summed E-state index contributed by atoms with van der Waals surface area (Å²) in [7, 11) is -1.81. The molecule has 0 saturated heterocycles. The molecule has 1 aromatic rings. The molecule has 0 N–H and O–H groups in total. The number of hydrogen-bond donors (Lipinski definition) is 0. The highest BCUT2D eigenvalue weighted by Gasteiger charge is 2.08. The van der Waals surface area contributed by atoms with Crippen LogP contribution in [0.25, 0.3) is 0 Å². The summed E-state index contributed by atoms with van der Waals surface area (Å²) >= 11 is 0. The number of halogens is 1. The van der Waals surface area contributed by atoms with Crippen LogP contribution in [-0.2, 0) is 28.0 Å². The van der Waals surface area contributed by atoms with Gasteiger partial charge in [-0.25, -0.2) is 4.98 Å². The highest BCUT2D eigenvalue weighted by Crippen LogP contribution is 2.00. The quantitative estimate of drug-likeness (QED) is 0.776. The third-order valence-corrected chi connectivity index (χ3v) is 3.50. The lowest BCUT2D eigenvalue weighted by molar-refractivity contribution is 0.00290. The average molecular weight is 294 g/mol. The van der Waals surface area contributed by atoms with E-state index in [-0.39, 0.29) is 5.75 Å². The standard InChI is InChI=1S/C8H14N2.C4H9FO3S/c1-3-4-5-8-9-6-7-10(8)2;1-2-3-4-9(6,7)8-5/h6-7H,3-5H2,1-2H3;2-4H2,1H3. The molecule has 112 valence electrons.